The molecule has 0 radical (unpaired) electrons. The number of nitrogens with zero attached hydrogens (tertiary/aromatic N) is 2. The van der Waals surface area contributed by atoms with E-state index in [1.807, 2.05) is 0 Å². The Morgan fingerprint density at radius 3 is 1.38 bits per heavy atom. The van der Waals surface area contributed by atoms with Crippen molar-refractivity contribution < 1.29 is 16.8 Å². The maximum absolute atomic E-state index is 11.4. The average molecular weight is 264 g/mol. The zero-order valence-electron chi connectivity index (χ0n) is 8.81. The third-order valence-corrected chi connectivity index (χ3v) is 5.82. The topological polar surface area (TPSA) is 74.3 Å². The van der Waals surface area contributed by atoms with E-state index in [1.54, 1.807) is 12.2 Å². The minimum Gasteiger partial charge on any atom is -0.212 e. The van der Waals surface area contributed by atoms with Crippen LogP contribution in [-0.2, 0) is 20.0 Å². The number of fused-ring (bicyclic) bond motifs is 3. The van der Waals surface area contributed by atoms with Gasteiger partial charge < -0.3 is 0 Å². The van der Waals surface area contributed by atoms with Gasteiger partial charge in [-0.15, -0.1) is 0 Å². The third kappa shape index (κ3) is 1.30. The van der Waals surface area contributed by atoms with Crippen LogP contribution in [0.15, 0.2) is 12.2 Å². The number of hydrogen-bond donors (Lipinski definition) is 0. The summed E-state index contributed by atoms with van der Waals surface area (Å²) in [5.74, 6) is 0. The van der Waals surface area contributed by atoms with Crippen LogP contribution in [0.25, 0.3) is 0 Å². The lowest BCUT2D eigenvalue weighted by Crippen LogP contribution is -2.19. The molecule has 6 atom stereocenters. The first-order chi connectivity index (χ1) is 7.23. The summed E-state index contributed by atoms with van der Waals surface area (Å²) in [5.41, 5.74) is 0. The lowest BCUT2D eigenvalue weighted by atomic mass is 10.1. The summed E-state index contributed by atoms with van der Waals surface area (Å²) < 4.78 is 48.4. The first-order valence-electron chi connectivity index (χ1n) is 4.88. The van der Waals surface area contributed by atoms with Gasteiger partial charge in [0.15, 0.2) is 0 Å². The summed E-state index contributed by atoms with van der Waals surface area (Å²) in [5, 5.41) is 0. The molecule has 8 heteroatoms. The van der Waals surface area contributed by atoms with Crippen molar-refractivity contribution >= 4 is 20.0 Å². The van der Waals surface area contributed by atoms with Crippen molar-refractivity contribution in [3.05, 3.63) is 12.2 Å². The fourth-order valence-electron chi connectivity index (χ4n) is 2.71. The number of sulfonamides is 2. The zero-order chi connectivity index (χ0) is 11.9. The molecule has 3 aliphatic rings. The molecule has 0 spiro atoms. The fraction of sp³-hybridized carbons (Fsp3) is 0.750. The summed E-state index contributed by atoms with van der Waals surface area (Å²) in [7, 11) is -6.45. The molecule has 2 saturated heterocycles. The first-order valence-corrected chi connectivity index (χ1v) is 8.58. The highest BCUT2D eigenvalue weighted by Gasteiger charge is 2.70. The van der Waals surface area contributed by atoms with E-state index in [0.29, 0.717) is 0 Å². The minimum absolute atomic E-state index is 0.136. The molecule has 2 fully saturated rings. The van der Waals surface area contributed by atoms with Crippen molar-refractivity contribution in [3.8, 4) is 0 Å². The Labute approximate surface area is 94.6 Å². The number of rotatable bonds is 2. The molecule has 6 nitrogen and oxygen atoms in total. The van der Waals surface area contributed by atoms with E-state index < -0.39 is 20.0 Å². The Hall–Kier alpha value is -0.440. The molecule has 0 aromatic rings. The zero-order valence-corrected chi connectivity index (χ0v) is 10.4. The smallest absolute Gasteiger partial charge is 0.212 e. The molecule has 0 bridgehead atoms. The van der Waals surface area contributed by atoms with Gasteiger partial charge in [0, 0.05) is 0 Å². The van der Waals surface area contributed by atoms with Crippen LogP contribution in [0.5, 0.6) is 0 Å². The molecule has 90 valence electrons. The number of hydrogen-bond acceptors (Lipinski definition) is 4. The van der Waals surface area contributed by atoms with E-state index in [4.69, 9.17) is 0 Å². The van der Waals surface area contributed by atoms with Gasteiger partial charge in [0.25, 0.3) is 0 Å². The Morgan fingerprint density at radius 1 is 0.812 bits per heavy atom. The normalized spacial score (nSPS) is 49.4. The Morgan fingerprint density at radius 2 is 1.12 bits per heavy atom. The van der Waals surface area contributed by atoms with Gasteiger partial charge in [-0.2, -0.15) is 8.61 Å². The van der Waals surface area contributed by atoms with Crippen LogP contribution in [-0.4, -0.2) is 62.1 Å². The molecule has 1 aliphatic carbocycles. The van der Waals surface area contributed by atoms with E-state index in [2.05, 4.69) is 0 Å². The monoisotopic (exact) mass is 264 g/mol. The van der Waals surface area contributed by atoms with Gasteiger partial charge in [-0.1, -0.05) is 12.2 Å². The Kier molecular flexibility index (Phi) is 1.80. The van der Waals surface area contributed by atoms with Crippen molar-refractivity contribution in [1.29, 1.82) is 0 Å². The SMILES string of the molecule is CS(=O)(=O)N1[C@H]2[C@@H]3[C@H](C=C[C@H]21)N3S(C)(=O)=O. The van der Waals surface area contributed by atoms with Crippen LogP contribution >= 0.6 is 0 Å². The highest BCUT2D eigenvalue weighted by atomic mass is 32.2. The summed E-state index contributed by atoms with van der Waals surface area (Å²) in [6.45, 7) is 0. The molecule has 2 unspecified atom stereocenters. The van der Waals surface area contributed by atoms with Gasteiger partial charge in [0.05, 0.1) is 36.7 Å². The summed E-state index contributed by atoms with van der Waals surface area (Å²) in [4.78, 5) is 0. The summed E-state index contributed by atoms with van der Waals surface area (Å²) >= 11 is 0. The quantitative estimate of drug-likeness (QED) is 0.453. The molecular weight excluding hydrogens is 252 g/mol. The van der Waals surface area contributed by atoms with Gasteiger partial charge >= 0.3 is 0 Å². The van der Waals surface area contributed by atoms with Crippen LogP contribution in [0.4, 0.5) is 0 Å². The minimum atomic E-state index is -3.23. The van der Waals surface area contributed by atoms with Crippen molar-refractivity contribution in [1.82, 2.24) is 8.61 Å². The van der Waals surface area contributed by atoms with E-state index in [-0.39, 0.29) is 24.2 Å². The first kappa shape index (κ1) is 10.7. The summed E-state index contributed by atoms with van der Waals surface area (Å²) in [6, 6.07) is -0.634. The molecule has 2 heterocycles. The second-order valence-corrected chi connectivity index (χ2v) is 8.31. The van der Waals surface area contributed by atoms with Gasteiger partial charge in [-0.3, -0.25) is 0 Å². The largest absolute Gasteiger partial charge is 0.212 e. The lowest BCUT2D eigenvalue weighted by Gasteiger charge is -2.00. The maximum atomic E-state index is 11.4. The van der Waals surface area contributed by atoms with Gasteiger partial charge in [-0.05, 0) is 0 Å². The predicted octanol–water partition coefficient (Wildman–Crippen LogP) is -1.42. The second kappa shape index (κ2) is 2.69. The van der Waals surface area contributed by atoms with Crippen molar-refractivity contribution in [2.75, 3.05) is 12.5 Å². The van der Waals surface area contributed by atoms with Crippen molar-refractivity contribution in [3.63, 3.8) is 0 Å². The molecule has 16 heavy (non-hydrogen) atoms. The van der Waals surface area contributed by atoms with E-state index in [0.717, 1.165) is 12.5 Å². The fourth-order valence-corrected chi connectivity index (χ4v) is 5.26. The second-order valence-electron chi connectivity index (χ2n) is 4.53. The van der Waals surface area contributed by atoms with E-state index in [9.17, 15) is 16.8 Å². The maximum Gasteiger partial charge on any atom is 0.212 e. The molecule has 0 aromatic carbocycles. The molecule has 2 aliphatic heterocycles. The van der Waals surface area contributed by atoms with E-state index >= 15 is 0 Å². The third-order valence-electron chi connectivity index (χ3n) is 3.32. The standard InChI is InChI=1S/C8H12N2O4S2/c1-15(11,12)9-5-3-4-6-8(7(5)9)10(6)16(2,13)14/h3-8H,1-2H3/t5-,6+,7-,8+,9?,10?. The van der Waals surface area contributed by atoms with Crippen LogP contribution in [0.1, 0.15) is 0 Å². The average Bonchev–Trinajstić information content (AvgIpc) is 2.92. The molecular formula is C8H12N2O4S2. The Balaban J connectivity index is 1.91. The lowest BCUT2D eigenvalue weighted by molar-refractivity contribution is 0.534. The molecule has 0 saturated carbocycles. The van der Waals surface area contributed by atoms with Gasteiger partial charge in [0.1, 0.15) is 0 Å². The Bertz CT molecular complexity index is 527. The molecule has 0 N–H and O–H groups in total. The van der Waals surface area contributed by atoms with Crippen LogP contribution < -0.4 is 0 Å². The van der Waals surface area contributed by atoms with E-state index in [1.165, 1.54) is 8.61 Å². The van der Waals surface area contributed by atoms with Gasteiger partial charge in [0.2, 0.25) is 20.0 Å². The van der Waals surface area contributed by atoms with Crippen molar-refractivity contribution in [2.45, 2.75) is 24.2 Å². The van der Waals surface area contributed by atoms with Crippen LogP contribution in [0, 0.1) is 0 Å². The predicted molar refractivity (Wildman–Crippen MR) is 57.7 cm³/mol. The van der Waals surface area contributed by atoms with Crippen LogP contribution in [0.3, 0.4) is 0 Å². The van der Waals surface area contributed by atoms with Crippen molar-refractivity contribution in [2.24, 2.45) is 0 Å². The molecule has 0 amide bonds. The molecule has 3 rings (SSSR count). The highest BCUT2D eigenvalue weighted by Crippen LogP contribution is 2.51. The van der Waals surface area contributed by atoms with Gasteiger partial charge in [-0.25, -0.2) is 16.8 Å². The molecule has 0 aromatic heterocycles. The summed E-state index contributed by atoms with van der Waals surface area (Å²) in [6.07, 6.45) is 5.89. The van der Waals surface area contributed by atoms with Crippen LogP contribution in [0.2, 0.25) is 0 Å². The highest BCUT2D eigenvalue weighted by molar-refractivity contribution is 7.89.